The van der Waals surface area contributed by atoms with Gasteiger partial charge in [0.05, 0.1) is 16.1 Å². The Bertz CT molecular complexity index is 532. The molecule has 0 saturated carbocycles. The van der Waals surface area contributed by atoms with Gasteiger partial charge in [0.25, 0.3) is 0 Å². The highest BCUT2D eigenvalue weighted by molar-refractivity contribution is 6.28. The fourth-order valence-corrected chi connectivity index (χ4v) is 2.77. The van der Waals surface area contributed by atoms with Gasteiger partial charge in [0.1, 0.15) is 6.20 Å². The van der Waals surface area contributed by atoms with E-state index >= 15 is 0 Å². The van der Waals surface area contributed by atoms with Crippen LogP contribution >= 0.6 is 11.6 Å². The maximum Gasteiger partial charge on any atom is 0.329 e. The van der Waals surface area contributed by atoms with Gasteiger partial charge in [0.15, 0.2) is 0 Å². The number of anilines is 1. The molecule has 1 aliphatic rings. The zero-order valence-electron chi connectivity index (χ0n) is 11.9. The number of ether oxygens (including phenoxy) is 1. The summed E-state index contributed by atoms with van der Waals surface area (Å²) in [6.07, 6.45) is 1.14. The third-order valence-electron chi connectivity index (χ3n) is 2.91. The molecule has 20 heavy (non-hydrogen) atoms. The standard InChI is InChI=1S/C12H17ClN4O3/c1-11(2)6-16(7-12(3,4)20-11)9-8(17(18)19)5-14-10(13)15-9/h5H,6-7H2,1-4H3. The van der Waals surface area contributed by atoms with Gasteiger partial charge >= 0.3 is 5.69 Å². The second-order valence-corrected chi connectivity index (χ2v) is 6.42. The van der Waals surface area contributed by atoms with E-state index < -0.39 is 16.1 Å². The van der Waals surface area contributed by atoms with Gasteiger partial charge < -0.3 is 9.64 Å². The summed E-state index contributed by atoms with van der Waals surface area (Å²) in [6.45, 7) is 8.74. The predicted molar refractivity (Wildman–Crippen MR) is 75.2 cm³/mol. The SMILES string of the molecule is CC1(C)CN(c2nc(Cl)ncc2[N+](=O)[O-])CC(C)(C)O1. The van der Waals surface area contributed by atoms with Gasteiger partial charge in [-0.1, -0.05) is 0 Å². The fourth-order valence-electron chi connectivity index (χ4n) is 2.64. The first kappa shape index (κ1) is 14.9. The van der Waals surface area contributed by atoms with Crippen LogP contribution in [0.25, 0.3) is 0 Å². The number of aromatic nitrogens is 2. The molecule has 0 aromatic carbocycles. The Morgan fingerprint density at radius 2 is 1.90 bits per heavy atom. The van der Waals surface area contributed by atoms with Crippen LogP contribution in [0.5, 0.6) is 0 Å². The summed E-state index contributed by atoms with van der Waals surface area (Å²) in [4.78, 5) is 20.2. The van der Waals surface area contributed by atoms with Crippen molar-refractivity contribution < 1.29 is 9.66 Å². The second-order valence-electron chi connectivity index (χ2n) is 6.08. The first-order valence-corrected chi connectivity index (χ1v) is 6.59. The van der Waals surface area contributed by atoms with E-state index in [1.807, 2.05) is 32.6 Å². The van der Waals surface area contributed by atoms with Crippen molar-refractivity contribution in [3.63, 3.8) is 0 Å². The zero-order valence-corrected chi connectivity index (χ0v) is 12.6. The highest BCUT2D eigenvalue weighted by Gasteiger charge is 2.40. The van der Waals surface area contributed by atoms with Gasteiger partial charge in [-0.2, -0.15) is 4.98 Å². The molecule has 1 saturated heterocycles. The molecule has 0 N–H and O–H groups in total. The maximum atomic E-state index is 11.1. The van der Waals surface area contributed by atoms with Crippen molar-refractivity contribution in [1.29, 1.82) is 0 Å². The lowest BCUT2D eigenvalue weighted by Crippen LogP contribution is -2.57. The number of nitro groups is 1. The second kappa shape index (κ2) is 4.82. The van der Waals surface area contributed by atoms with E-state index in [0.717, 1.165) is 6.20 Å². The summed E-state index contributed by atoms with van der Waals surface area (Å²) >= 11 is 5.78. The number of hydrogen-bond acceptors (Lipinski definition) is 6. The van der Waals surface area contributed by atoms with Crippen LogP contribution in [0, 0.1) is 10.1 Å². The molecule has 2 rings (SSSR count). The molecule has 1 aromatic heterocycles. The van der Waals surface area contributed by atoms with Crippen LogP contribution in [0.15, 0.2) is 6.20 Å². The molecule has 0 spiro atoms. The van der Waals surface area contributed by atoms with Crippen LogP contribution in [0.1, 0.15) is 27.7 Å². The highest BCUT2D eigenvalue weighted by atomic mass is 35.5. The topological polar surface area (TPSA) is 81.4 Å². The van der Waals surface area contributed by atoms with Crippen molar-refractivity contribution in [2.24, 2.45) is 0 Å². The van der Waals surface area contributed by atoms with Crippen molar-refractivity contribution in [2.75, 3.05) is 18.0 Å². The van der Waals surface area contributed by atoms with E-state index in [4.69, 9.17) is 16.3 Å². The van der Waals surface area contributed by atoms with Crippen LogP contribution in [0.4, 0.5) is 11.5 Å². The Morgan fingerprint density at radius 3 is 2.40 bits per heavy atom. The fraction of sp³-hybridized carbons (Fsp3) is 0.667. The van der Waals surface area contributed by atoms with Crippen LogP contribution in [-0.4, -0.2) is 39.2 Å². The van der Waals surface area contributed by atoms with Gasteiger partial charge in [0, 0.05) is 13.1 Å². The zero-order chi connectivity index (χ0) is 15.1. The van der Waals surface area contributed by atoms with E-state index in [2.05, 4.69) is 9.97 Å². The lowest BCUT2D eigenvalue weighted by molar-refractivity contribution is -0.384. The Kier molecular flexibility index (Phi) is 3.60. The summed E-state index contributed by atoms with van der Waals surface area (Å²) in [5, 5.41) is 11.1. The Labute approximate surface area is 122 Å². The van der Waals surface area contributed by atoms with E-state index in [9.17, 15) is 10.1 Å². The molecule has 0 amide bonds. The van der Waals surface area contributed by atoms with Gasteiger partial charge in [-0.25, -0.2) is 4.98 Å². The van der Waals surface area contributed by atoms with Crippen molar-refractivity contribution in [1.82, 2.24) is 9.97 Å². The lowest BCUT2D eigenvalue weighted by Gasteiger charge is -2.47. The maximum absolute atomic E-state index is 11.1. The molecule has 0 atom stereocenters. The average molecular weight is 301 g/mol. The minimum atomic E-state index is -0.499. The number of nitrogens with zero attached hydrogens (tertiary/aromatic N) is 4. The van der Waals surface area contributed by atoms with Crippen molar-refractivity contribution in [2.45, 2.75) is 38.9 Å². The van der Waals surface area contributed by atoms with E-state index in [1.165, 1.54) is 0 Å². The van der Waals surface area contributed by atoms with Gasteiger partial charge in [-0.05, 0) is 39.3 Å². The summed E-state index contributed by atoms with van der Waals surface area (Å²) < 4.78 is 5.96. The van der Waals surface area contributed by atoms with Gasteiger partial charge in [0.2, 0.25) is 11.1 Å². The molecule has 0 bridgehead atoms. The van der Waals surface area contributed by atoms with Crippen molar-refractivity contribution in [3.8, 4) is 0 Å². The molecule has 0 radical (unpaired) electrons. The van der Waals surface area contributed by atoms with E-state index in [0.29, 0.717) is 13.1 Å². The third-order valence-corrected chi connectivity index (χ3v) is 3.09. The summed E-state index contributed by atoms with van der Waals surface area (Å²) in [6, 6.07) is 0. The smallest absolute Gasteiger partial charge is 0.329 e. The number of morpholine rings is 1. The molecule has 110 valence electrons. The monoisotopic (exact) mass is 300 g/mol. The molecule has 1 aromatic rings. The molecule has 8 heteroatoms. The quantitative estimate of drug-likeness (QED) is 0.474. The molecular weight excluding hydrogens is 284 g/mol. The number of rotatable bonds is 2. The van der Waals surface area contributed by atoms with E-state index in [-0.39, 0.29) is 16.8 Å². The molecule has 2 heterocycles. The number of hydrogen-bond donors (Lipinski definition) is 0. The van der Waals surface area contributed by atoms with Crippen LogP contribution in [-0.2, 0) is 4.74 Å². The van der Waals surface area contributed by atoms with Gasteiger partial charge in [-0.15, -0.1) is 0 Å². The molecule has 1 fully saturated rings. The average Bonchev–Trinajstić information content (AvgIpc) is 2.24. The summed E-state index contributed by atoms with van der Waals surface area (Å²) in [5.41, 5.74) is -1.03. The summed E-state index contributed by atoms with van der Waals surface area (Å²) in [5.74, 6) is 0.236. The predicted octanol–water partition coefficient (Wildman–Crippen LogP) is 2.43. The van der Waals surface area contributed by atoms with Crippen LogP contribution in [0.3, 0.4) is 0 Å². The third kappa shape index (κ3) is 3.16. The van der Waals surface area contributed by atoms with Crippen molar-refractivity contribution >= 4 is 23.1 Å². The molecular formula is C12H17ClN4O3. The minimum absolute atomic E-state index is 0.00676. The Balaban J connectivity index is 2.45. The summed E-state index contributed by atoms with van der Waals surface area (Å²) in [7, 11) is 0. The van der Waals surface area contributed by atoms with E-state index in [1.54, 1.807) is 0 Å². The van der Waals surface area contributed by atoms with Crippen LogP contribution in [0.2, 0.25) is 5.28 Å². The van der Waals surface area contributed by atoms with Gasteiger partial charge in [-0.3, -0.25) is 10.1 Å². The first-order chi connectivity index (χ1) is 9.10. The molecule has 0 unspecified atom stereocenters. The lowest BCUT2D eigenvalue weighted by atomic mass is 9.99. The largest absolute Gasteiger partial charge is 0.366 e. The normalized spacial score (nSPS) is 20.8. The Hall–Kier alpha value is -1.47. The molecule has 1 aliphatic heterocycles. The molecule has 0 aliphatic carbocycles. The minimum Gasteiger partial charge on any atom is -0.366 e. The number of halogens is 1. The Morgan fingerprint density at radius 1 is 1.35 bits per heavy atom. The molecule has 7 nitrogen and oxygen atoms in total. The highest BCUT2D eigenvalue weighted by Crippen LogP contribution is 2.34. The van der Waals surface area contributed by atoms with Crippen molar-refractivity contribution in [3.05, 3.63) is 21.6 Å². The van der Waals surface area contributed by atoms with Crippen LogP contribution < -0.4 is 4.90 Å². The first-order valence-electron chi connectivity index (χ1n) is 6.22.